The fourth-order valence-corrected chi connectivity index (χ4v) is 4.02. The van der Waals surface area contributed by atoms with Crippen molar-refractivity contribution in [2.45, 2.75) is 43.4 Å². The van der Waals surface area contributed by atoms with Gasteiger partial charge in [0, 0.05) is 11.4 Å². The maximum Gasteiger partial charge on any atom is 0.197 e. The van der Waals surface area contributed by atoms with Crippen molar-refractivity contribution >= 4 is 17.4 Å². The van der Waals surface area contributed by atoms with Crippen molar-refractivity contribution in [3.8, 4) is 5.75 Å². The van der Waals surface area contributed by atoms with Crippen LogP contribution in [0.1, 0.15) is 29.2 Å². The normalized spacial score (nSPS) is 28.6. The van der Waals surface area contributed by atoms with Crippen molar-refractivity contribution in [2.24, 2.45) is 0 Å². The van der Waals surface area contributed by atoms with E-state index in [2.05, 4.69) is 0 Å². The van der Waals surface area contributed by atoms with Crippen LogP contribution in [0.5, 0.6) is 5.75 Å². The van der Waals surface area contributed by atoms with Gasteiger partial charge >= 0.3 is 0 Å². The minimum absolute atomic E-state index is 0.0848. The van der Waals surface area contributed by atoms with Crippen molar-refractivity contribution in [1.29, 1.82) is 0 Å². The number of rotatable bonds is 6. The maximum atomic E-state index is 12.5. The Morgan fingerprint density at radius 2 is 1.90 bits per heavy atom. The first-order chi connectivity index (χ1) is 15.0. The summed E-state index contributed by atoms with van der Waals surface area (Å²) in [6.45, 7) is 0.818. The zero-order chi connectivity index (χ0) is 22.0. The Balaban J connectivity index is 1.49. The summed E-state index contributed by atoms with van der Waals surface area (Å²) in [6.07, 6.45) is -3.72. The molecule has 2 fully saturated rings. The van der Waals surface area contributed by atoms with E-state index in [1.807, 2.05) is 24.3 Å². The third kappa shape index (κ3) is 4.92. The van der Waals surface area contributed by atoms with Crippen molar-refractivity contribution in [2.75, 3.05) is 19.8 Å². The molecule has 31 heavy (non-hydrogen) atoms. The number of ketones is 1. The summed E-state index contributed by atoms with van der Waals surface area (Å²) in [5.74, 6) is 0.130. The third-order valence-electron chi connectivity index (χ3n) is 5.63. The van der Waals surface area contributed by atoms with Gasteiger partial charge in [-0.15, -0.1) is 0 Å². The molecule has 0 amide bonds. The highest BCUT2D eigenvalue weighted by Crippen LogP contribution is 2.32. The fraction of sp³-hybridized carbons (Fsp3) is 0.435. The van der Waals surface area contributed by atoms with Gasteiger partial charge in [0.15, 0.2) is 5.78 Å². The molecule has 166 valence electrons. The topological polar surface area (TPSA) is 105 Å². The summed E-state index contributed by atoms with van der Waals surface area (Å²) >= 11 is 6.38. The van der Waals surface area contributed by atoms with E-state index in [9.17, 15) is 20.1 Å². The molecule has 2 aromatic rings. The van der Waals surface area contributed by atoms with Crippen molar-refractivity contribution < 1.29 is 34.3 Å². The predicted molar refractivity (Wildman–Crippen MR) is 112 cm³/mol. The summed E-state index contributed by atoms with van der Waals surface area (Å²) in [6, 6.07) is 12.8. The minimum Gasteiger partial charge on any atom is -0.488 e. The second-order valence-corrected chi connectivity index (χ2v) is 8.26. The van der Waals surface area contributed by atoms with Crippen LogP contribution < -0.4 is 4.74 Å². The van der Waals surface area contributed by atoms with Gasteiger partial charge in [-0.3, -0.25) is 4.79 Å². The second-order valence-electron chi connectivity index (χ2n) is 7.85. The van der Waals surface area contributed by atoms with Crippen LogP contribution in [0.4, 0.5) is 0 Å². The Morgan fingerprint density at radius 3 is 2.58 bits per heavy atom. The van der Waals surface area contributed by atoms with Gasteiger partial charge in [0.05, 0.1) is 19.8 Å². The molecule has 5 atom stereocenters. The lowest BCUT2D eigenvalue weighted by atomic mass is 9.91. The number of aliphatic hydroxyl groups is 3. The Bertz CT molecular complexity index is 911. The predicted octanol–water partition coefficient (Wildman–Crippen LogP) is 1.82. The molecule has 0 aliphatic carbocycles. The number of halogens is 1. The van der Waals surface area contributed by atoms with Gasteiger partial charge in [0.1, 0.15) is 36.3 Å². The van der Waals surface area contributed by atoms with E-state index in [4.69, 9.17) is 25.8 Å². The molecule has 0 unspecified atom stereocenters. The van der Waals surface area contributed by atoms with Gasteiger partial charge in [-0.1, -0.05) is 35.9 Å². The second kappa shape index (κ2) is 9.65. The zero-order valence-corrected chi connectivity index (χ0v) is 17.6. The monoisotopic (exact) mass is 448 g/mol. The molecule has 8 heteroatoms. The summed E-state index contributed by atoms with van der Waals surface area (Å²) in [5.41, 5.74) is 2.30. The molecule has 4 rings (SSSR count). The molecular weight excluding hydrogens is 424 g/mol. The van der Waals surface area contributed by atoms with Gasteiger partial charge in [0.25, 0.3) is 0 Å². The first-order valence-electron chi connectivity index (χ1n) is 10.2. The smallest absolute Gasteiger partial charge is 0.197 e. The molecule has 3 N–H and O–H groups in total. The molecule has 0 aromatic heterocycles. The van der Waals surface area contributed by atoms with Crippen LogP contribution in [-0.2, 0) is 20.7 Å². The summed E-state index contributed by atoms with van der Waals surface area (Å²) in [5, 5.41) is 29.8. The summed E-state index contributed by atoms with van der Waals surface area (Å²) < 4.78 is 16.8. The molecule has 0 saturated carbocycles. The highest BCUT2D eigenvalue weighted by molar-refractivity contribution is 6.31. The molecule has 0 radical (unpaired) electrons. The Morgan fingerprint density at radius 1 is 1.13 bits per heavy atom. The van der Waals surface area contributed by atoms with Crippen molar-refractivity contribution in [1.82, 2.24) is 0 Å². The lowest BCUT2D eigenvalue weighted by Gasteiger charge is -2.35. The molecule has 0 spiro atoms. The zero-order valence-electron chi connectivity index (χ0n) is 16.8. The first kappa shape index (κ1) is 22.2. The number of aliphatic hydroxyl groups excluding tert-OH is 3. The van der Waals surface area contributed by atoms with Crippen LogP contribution in [0.3, 0.4) is 0 Å². The van der Waals surface area contributed by atoms with Crippen LogP contribution in [0.15, 0.2) is 42.5 Å². The van der Waals surface area contributed by atoms with Gasteiger partial charge in [-0.2, -0.15) is 0 Å². The van der Waals surface area contributed by atoms with E-state index in [1.54, 1.807) is 18.2 Å². The van der Waals surface area contributed by atoms with Crippen molar-refractivity contribution in [3.63, 3.8) is 0 Å². The van der Waals surface area contributed by atoms with E-state index >= 15 is 0 Å². The van der Waals surface area contributed by atoms with Gasteiger partial charge < -0.3 is 29.5 Å². The average molecular weight is 449 g/mol. The minimum atomic E-state index is -1.62. The summed E-state index contributed by atoms with van der Waals surface area (Å²) in [4.78, 5) is 12.5. The number of Topliss-reactive ketones (excluding diaryl/α,β-unsaturated/α-hetero) is 1. The number of hydrogen-bond acceptors (Lipinski definition) is 7. The molecule has 2 aliphatic rings. The molecule has 2 aromatic carbocycles. The van der Waals surface area contributed by atoms with E-state index in [-0.39, 0.29) is 6.10 Å². The highest BCUT2D eigenvalue weighted by atomic mass is 35.5. The molecule has 0 bridgehead atoms. The van der Waals surface area contributed by atoms with Crippen LogP contribution >= 0.6 is 11.6 Å². The summed E-state index contributed by atoms with van der Waals surface area (Å²) in [7, 11) is 0. The number of hydrogen-bond donors (Lipinski definition) is 3. The largest absolute Gasteiger partial charge is 0.488 e. The lowest BCUT2D eigenvalue weighted by molar-refractivity contribution is -0.189. The van der Waals surface area contributed by atoms with E-state index in [0.717, 1.165) is 29.9 Å². The van der Waals surface area contributed by atoms with E-state index in [1.165, 1.54) is 0 Å². The Kier molecular flexibility index (Phi) is 6.91. The number of benzene rings is 2. The number of ether oxygens (including phenoxy) is 3. The van der Waals surface area contributed by atoms with E-state index < -0.39 is 36.8 Å². The van der Waals surface area contributed by atoms with Gasteiger partial charge in [-0.25, -0.2) is 0 Å². The fourth-order valence-electron chi connectivity index (χ4n) is 3.84. The van der Waals surface area contributed by atoms with Gasteiger partial charge in [-0.05, 0) is 41.3 Å². The Hall–Kier alpha value is -2.00. The molecule has 2 aliphatic heterocycles. The molecule has 7 nitrogen and oxygen atoms in total. The average Bonchev–Trinajstić information content (AvgIpc) is 3.28. The SMILES string of the molecule is O=C1[C@H](c2ccc(Cl)c(Cc3ccc(O[C@H]4CCOC4)cc3)c2)O[C@H](CO)[C@@H](O)[C@@H]1O. The molecular formula is C23H25ClO7. The maximum absolute atomic E-state index is 12.5. The van der Waals surface area contributed by atoms with Gasteiger partial charge in [0.2, 0.25) is 0 Å². The number of carbonyl (C=O) groups excluding carboxylic acids is 1. The first-order valence-corrected chi connectivity index (χ1v) is 10.6. The van der Waals surface area contributed by atoms with Crippen LogP contribution in [0, 0.1) is 0 Å². The number of carbonyl (C=O) groups is 1. The molecule has 2 saturated heterocycles. The third-order valence-corrected chi connectivity index (χ3v) is 5.99. The van der Waals surface area contributed by atoms with Crippen molar-refractivity contribution in [3.05, 3.63) is 64.2 Å². The van der Waals surface area contributed by atoms with Crippen LogP contribution in [-0.4, -0.2) is 65.3 Å². The van der Waals surface area contributed by atoms with E-state index in [0.29, 0.717) is 23.6 Å². The highest BCUT2D eigenvalue weighted by Gasteiger charge is 2.43. The quantitative estimate of drug-likeness (QED) is 0.619. The van der Waals surface area contributed by atoms with Crippen LogP contribution in [0.2, 0.25) is 5.02 Å². The lowest BCUT2D eigenvalue weighted by Crippen LogP contribution is -2.53. The standard InChI is InChI=1S/C23H25ClO7/c24-18-6-3-14(23-22(28)21(27)20(26)19(11-25)31-23)10-15(18)9-13-1-4-16(5-2-13)30-17-7-8-29-12-17/h1-6,10,17,19-21,23,25-27H,7-9,11-12H2/t17-,19+,20+,21-,23-/m0/s1. The van der Waals surface area contributed by atoms with Crippen LogP contribution in [0.25, 0.3) is 0 Å². The molecule has 2 heterocycles. The Labute approximate surface area is 185 Å².